The van der Waals surface area contributed by atoms with Crippen molar-refractivity contribution in [2.24, 2.45) is 5.41 Å². The van der Waals surface area contributed by atoms with Crippen molar-refractivity contribution < 1.29 is 35.9 Å². The third-order valence-electron chi connectivity index (χ3n) is 4.73. The number of halogens is 4. The van der Waals surface area contributed by atoms with Crippen molar-refractivity contribution in [3.05, 3.63) is 71.7 Å². The number of benzene rings is 1. The van der Waals surface area contributed by atoms with Gasteiger partial charge in [-0.05, 0) is 29.7 Å². The summed E-state index contributed by atoms with van der Waals surface area (Å²) in [6.07, 6.45) is 0.335. The summed E-state index contributed by atoms with van der Waals surface area (Å²) in [5, 5.41) is 9.55. The molecule has 0 radical (unpaired) electrons. The summed E-state index contributed by atoms with van der Waals surface area (Å²) in [6, 6.07) is 4.62. The number of carbonyl (C=O) groups is 1. The van der Waals surface area contributed by atoms with Crippen LogP contribution in [-0.4, -0.2) is 40.0 Å². The Labute approximate surface area is 193 Å². The Hall–Kier alpha value is -3.41. The van der Waals surface area contributed by atoms with Crippen molar-refractivity contribution in [1.29, 1.82) is 0 Å². The van der Waals surface area contributed by atoms with E-state index in [0.29, 0.717) is 18.3 Å². The first-order valence-electron chi connectivity index (χ1n) is 9.92. The lowest BCUT2D eigenvalue weighted by atomic mass is 9.96. The molecule has 2 heterocycles. The summed E-state index contributed by atoms with van der Waals surface area (Å²) >= 11 is 0. The molecule has 182 valence electrons. The molecule has 2 aromatic heterocycles. The number of hydrogen-bond donors (Lipinski definition) is 1. The van der Waals surface area contributed by atoms with Crippen LogP contribution in [0.1, 0.15) is 26.3 Å². The number of pyridine rings is 1. The zero-order chi connectivity index (χ0) is 25.4. The second-order valence-electron chi connectivity index (χ2n) is 8.71. The zero-order valence-corrected chi connectivity index (χ0v) is 19.2. The van der Waals surface area contributed by atoms with Gasteiger partial charge >= 0.3 is 6.09 Å². The molecule has 3 aromatic rings. The average Bonchev–Trinajstić information content (AvgIpc) is 3.03. The second-order valence-corrected chi connectivity index (χ2v) is 10.5. The van der Waals surface area contributed by atoms with E-state index in [0.717, 1.165) is 23.2 Å². The van der Waals surface area contributed by atoms with Gasteiger partial charge in [-0.3, -0.25) is 0 Å². The summed E-state index contributed by atoms with van der Waals surface area (Å²) in [7, 11) is -5.12. The highest BCUT2D eigenvalue weighted by molar-refractivity contribution is 7.90. The Morgan fingerprint density at radius 1 is 1.09 bits per heavy atom. The lowest BCUT2D eigenvalue weighted by Gasteiger charge is -2.27. The number of nitrogens with zero attached hydrogens (tertiary/aromatic N) is 3. The van der Waals surface area contributed by atoms with E-state index in [1.165, 1.54) is 6.07 Å². The molecule has 7 nitrogen and oxygen atoms in total. The minimum atomic E-state index is -5.12. The van der Waals surface area contributed by atoms with E-state index < -0.39 is 73.2 Å². The van der Waals surface area contributed by atoms with E-state index in [-0.39, 0.29) is 10.5 Å². The molecule has 0 saturated carbocycles. The van der Waals surface area contributed by atoms with Crippen LogP contribution < -0.4 is 0 Å². The first kappa shape index (κ1) is 25.2. The molecule has 0 atom stereocenters. The van der Waals surface area contributed by atoms with Gasteiger partial charge in [0.25, 0.3) is 10.0 Å². The number of hydrogen-bond acceptors (Lipinski definition) is 4. The van der Waals surface area contributed by atoms with Crippen LogP contribution in [0, 0.1) is 28.8 Å². The number of carboxylic acid groups (broad SMARTS) is 1. The molecule has 0 spiro atoms. The maximum atomic E-state index is 15.6. The Morgan fingerprint density at radius 2 is 1.71 bits per heavy atom. The predicted octanol–water partition coefficient (Wildman–Crippen LogP) is 4.87. The third-order valence-corrected chi connectivity index (χ3v) is 6.44. The Kier molecular flexibility index (Phi) is 6.74. The van der Waals surface area contributed by atoms with E-state index in [1.807, 2.05) is 0 Å². The summed E-state index contributed by atoms with van der Waals surface area (Å²) in [4.78, 5) is 14.6. The van der Waals surface area contributed by atoms with Gasteiger partial charge in [-0.1, -0.05) is 26.8 Å². The molecule has 0 aliphatic carbocycles. The summed E-state index contributed by atoms with van der Waals surface area (Å²) in [6.45, 7) is 4.58. The molecule has 0 saturated heterocycles. The van der Waals surface area contributed by atoms with Crippen molar-refractivity contribution >= 4 is 16.1 Å². The molecule has 0 fully saturated rings. The van der Waals surface area contributed by atoms with Gasteiger partial charge in [0.1, 0.15) is 17.3 Å². The van der Waals surface area contributed by atoms with Crippen molar-refractivity contribution in [3.63, 3.8) is 0 Å². The Balaban J connectivity index is 2.28. The third kappa shape index (κ3) is 4.91. The topological polar surface area (TPSA) is 92.5 Å². The Morgan fingerprint density at radius 3 is 2.24 bits per heavy atom. The molecular formula is C22H21F4N3O4S. The van der Waals surface area contributed by atoms with Gasteiger partial charge in [0.05, 0.1) is 12.1 Å². The second kappa shape index (κ2) is 9.09. The fraction of sp³-hybridized carbons (Fsp3) is 0.273. The fourth-order valence-electron chi connectivity index (χ4n) is 3.41. The van der Waals surface area contributed by atoms with Crippen LogP contribution in [0.15, 0.2) is 47.6 Å². The highest BCUT2D eigenvalue weighted by atomic mass is 32.2. The van der Waals surface area contributed by atoms with Crippen LogP contribution >= 0.6 is 0 Å². The van der Waals surface area contributed by atoms with Crippen molar-refractivity contribution in [2.75, 3.05) is 6.54 Å². The smallest absolute Gasteiger partial charge is 0.407 e. The fourth-order valence-corrected chi connectivity index (χ4v) is 4.92. The molecule has 12 heteroatoms. The average molecular weight is 499 g/mol. The number of aromatic nitrogens is 2. The van der Waals surface area contributed by atoms with Gasteiger partial charge in [0.15, 0.2) is 10.7 Å². The van der Waals surface area contributed by atoms with Gasteiger partial charge in [-0.25, -0.2) is 35.3 Å². The van der Waals surface area contributed by atoms with Crippen molar-refractivity contribution in [3.8, 4) is 11.3 Å². The SMILES string of the molecule is CC(C)(C)CN(Cc1cn(S(=O)(=O)c2c(F)cccc2F)c(-c2cccnc2F)c1F)C(=O)O. The normalized spacial score (nSPS) is 12.1. The Bertz CT molecular complexity index is 1330. The number of amides is 1. The van der Waals surface area contributed by atoms with Crippen molar-refractivity contribution in [1.82, 2.24) is 13.9 Å². The molecule has 1 N–H and O–H groups in total. The lowest BCUT2D eigenvalue weighted by Crippen LogP contribution is -2.36. The van der Waals surface area contributed by atoms with Crippen LogP contribution in [0.25, 0.3) is 11.3 Å². The van der Waals surface area contributed by atoms with Gasteiger partial charge in [0, 0.05) is 24.5 Å². The first-order chi connectivity index (χ1) is 15.7. The van der Waals surface area contributed by atoms with E-state index in [9.17, 15) is 31.5 Å². The quantitative estimate of drug-likeness (QED) is 0.386. The van der Waals surface area contributed by atoms with Crippen LogP contribution in [0.2, 0.25) is 0 Å². The highest BCUT2D eigenvalue weighted by Crippen LogP contribution is 2.34. The van der Waals surface area contributed by atoms with Gasteiger partial charge in [0.2, 0.25) is 5.95 Å². The monoisotopic (exact) mass is 499 g/mol. The molecule has 0 unspecified atom stereocenters. The van der Waals surface area contributed by atoms with Gasteiger partial charge < -0.3 is 10.0 Å². The molecule has 0 bridgehead atoms. The molecule has 3 rings (SSSR count). The van der Waals surface area contributed by atoms with E-state index in [4.69, 9.17) is 0 Å². The maximum absolute atomic E-state index is 15.6. The van der Waals surface area contributed by atoms with Crippen LogP contribution in [-0.2, 0) is 16.6 Å². The molecular weight excluding hydrogens is 478 g/mol. The van der Waals surface area contributed by atoms with Crippen LogP contribution in [0.4, 0.5) is 22.4 Å². The van der Waals surface area contributed by atoms with Crippen LogP contribution in [0.5, 0.6) is 0 Å². The molecule has 1 aromatic carbocycles. The standard InChI is InChI=1S/C22H21F4N3O4S/c1-22(2,3)12-28(21(30)31)10-13-11-29(18(17(13)25)14-6-5-9-27-20(14)26)34(32,33)19-15(23)7-4-8-16(19)24/h4-9,11H,10,12H2,1-3H3,(H,30,31). The lowest BCUT2D eigenvalue weighted by molar-refractivity contribution is 0.122. The summed E-state index contributed by atoms with van der Waals surface area (Å²) in [5.41, 5.74) is -2.43. The van der Waals surface area contributed by atoms with E-state index in [1.54, 1.807) is 20.8 Å². The van der Waals surface area contributed by atoms with Gasteiger partial charge in [-0.2, -0.15) is 4.39 Å². The zero-order valence-electron chi connectivity index (χ0n) is 18.4. The summed E-state index contributed by atoms with van der Waals surface area (Å²) < 4.78 is 85.4. The number of rotatable bonds is 6. The molecule has 1 amide bonds. The largest absolute Gasteiger partial charge is 0.465 e. The van der Waals surface area contributed by atoms with E-state index >= 15 is 4.39 Å². The van der Waals surface area contributed by atoms with Crippen LogP contribution in [0.3, 0.4) is 0 Å². The molecule has 0 aliphatic heterocycles. The summed E-state index contributed by atoms with van der Waals surface area (Å²) in [5.74, 6) is -5.38. The highest BCUT2D eigenvalue weighted by Gasteiger charge is 2.33. The predicted molar refractivity (Wildman–Crippen MR) is 114 cm³/mol. The molecule has 34 heavy (non-hydrogen) atoms. The van der Waals surface area contributed by atoms with Gasteiger partial charge in [-0.15, -0.1) is 0 Å². The maximum Gasteiger partial charge on any atom is 0.407 e. The molecule has 0 aliphatic rings. The minimum Gasteiger partial charge on any atom is -0.465 e. The minimum absolute atomic E-state index is 0.0434. The van der Waals surface area contributed by atoms with E-state index in [2.05, 4.69) is 4.98 Å². The van der Waals surface area contributed by atoms with Crippen molar-refractivity contribution in [2.45, 2.75) is 32.2 Å². The first-order valence-corrected chi connectivity index (χ1v) is 11.4.